The Hall–Kier alpha value is -0.243. The fourth-order valence-corrected chi connectivity index (χ4v) is 4.16. The second kappa shape index (κ2) is 9.02. The molecule has 0 aliphatic rings. The summed E-state index contributed by atoms with van der Waals surface area (Å²) in [5, 5.41) is 0. The molecular weight excluding hydrogens is 200 g/mol. The Balaban J connectivity index is 3.78. The fourth-order valence-electron chi connectivity index (χ4n) is 1.77. The van der Waals surface area contributed by atoms with E-state index in [-0.39, 0.29) is 0 Å². The summed E-state index contributed by atoms with van der Waals surface area (Å²) in [4.78, 5) is 0. The molecule has 0 fully saturated rings. The molecule has 0 atom stereocenters. The smallest absolute Gasteiger partial charge is 0.249 e. The van der Waals surface area contributed by atoms with Crippen molar-refractivity contribution in [3.8, 4) is 0 Å². The van der Waals surface area contributed by atoms with Gasteiger partial charge in [0.05, 0.1) is 6.26 Å². The normalized spacial score (nSPS) is 12.3. The SMILES string of the molecule is CCCCCC=CO[Si](CC)(CC)CC. The highest BCUT2D eigenvalue weighted by atomic mass is 28.4. The predicted octanol–water partition coefficient (Wildman–Crippen LogP) is 5.10. The first-order valence-corrected chi connectivity index (χ1v) is 9.10. The van der Waals surface area contributed by atoms with Crippen LogP contribution < -0.4 is 0 Å². The minimum atomic E-state index is -1.37. The third kappa shape index (κ3) is 6.03. The van der Waals surface area contributed by atoms with Gasteiger partial charge in [0.15, 0.2) is 0 Å². The van der Waals surface area contributed by atoms with Crippen LogP contribution >= 0.6 is 0 Å². The van der Waals surface area contributed by atoms with Crippen molar-refractivity contribution in [3.05, 3.63) is 12.3 Å². The first-order valence-electron chi connectivity index (χ1n) is 6.57. The Morgan fingerprint density at radius 2 is 1.53 bits per heavy atom. The predicted molar refractivity (Wildman–Crippen MR) is 71.6 cm³/mol. The molecule has 0 aliphatic carbocycles. The van der Waals surface area contributed by atoms with E-state index in [9.17, 15) is 0 Å². The van der Waals surface area contributed by atoms with Gasteiger partial charge >= 0.3 is 0 Å². The Morgan fingerprint density at radius 3 is 2.00 bits per heavy atom. The number of allylic oxidation sites excluding steroid dienone is 1. The van der Waals surface area contributed by atoms with Gasteiger partial charge in [0.2, 0.25) is 8.32 Å². The Labute approximate surface area is 97.0 Å². The van der Waals surface area contributed by atoms with Crippen molar-refractivity contribution in [2.45, 2.75) is 71.5 Å². The van der Waals surface area contributed by atoms with Gasteiger partial charge in [-0.05, 0) is 31.0 Å². The Kier molecular flexibility index (Phi) is 8.87. The van der Waals surface area contributed by atoms with Gasteiger partial charge in [0.25, 0.3) is 0 Å². The van der Waals surface area contributed by atoms with Crippen LogP contribution in [-0.4, -0.2) is 8.32 Å². The molecule has 0 aromatic heterocycles. The highest BCUT2D eigenvalue weighted by Gasteiger charge is 2.28. The standard InChI is InChI=1S/C13H28OSi/c1-5-9-10-11-12-13-14-15(6-2,7-3)8-4/h12-13H,5-11H2,1-4H3. The Bertz CT molecular complexity index is 154. The highest BCUT2D eigenvalue weighted by molar-refractivity contribution is 6.73. The molecule has 0 saturated carbocycles. The fraction of sp³-hybridized carbons (Fsp3) is 0.846. The van der Waals surface area contributed by atoms with Crippen LogP contribution in [0, 0.1) is 0 Å². The largest absolute Gasteiger partial charge is 0.549 e. The summed E-state index contributed by atoms with van der Waals surface area (Å²) in [5.41, 5.74) is 0. The van der Waals surface area contributed by atoms with Crippen LogP contribution in [0.5, 0.6) is 0 Å². The van der Waals surface area contributed by atoms with Gasteiger partial charge in [-0.2, -0.15) is 0 Å². The summed E-state index contributed by atoms with van der Waals surface area (Å²) in [5.74, 6) is 0. The van der Waals surface area contributed by atoms with Gasteiger partial charge in [-0.25, -0.2) is 0 Å². The summed E-state index contributed by atoms with van der Waals surface area (Å²) in [7, 11) is -1.37. The highest BCUT2D eigenvalue weighted by Crippen LogP contribution is 2.21. The second-order valence-corrected chi connectivity index (χ2v) is 8.95. The summed E-state index contributed by atoms with van der Waals surface area (Å²) >= 11 is 0. The molecular formula is C13H28OSi. The van der Waals surface area contributed by atoms with Crippen LogP contribution in [0.1, 0.15) is 53.4 Å². The van der Waals surface area contributed by atoms with Crippen LogP contribution in [0.3, 0.4) is 0 Å². The van der Waals surface area contributed by atoms with Gasteiger partial charge in [-0.1, -0.05) is 46.6 Å². The van der Waals surface area contributed by atoms with Crippen LogP contribution in [0.25, 0.3) is 0 Å². The summed E-state index contributed by atoms with van der Waals surface area (Å²) in [6, 6.07) is 3.71. The molecule has 0 heterocycles. The van der Waals surface area contributed by atoms with E-state index in [4.69, 9.17) is 4.43 Å². The number of hydrogen-bond acceptors (Lipinski definition) is 1. The zero-order valence-electron chi connectivity index (χ0n) is 11.0. The number of unbranched alkanes of at least 4 members (excludes halogenated alkanes) is 3. The first-order chi connectivity index (χ1) is 7.24. The van der Waals surface area contributed by atoms with E-state index in [0.717, 1.165) is 0 Å². The van der Waals surface area contributed by atoms with Crippen LogP contribution in [0.4, 0.5) is 0 Å². The number of hydrogen-bond donors (Lipinski definition) is 0. The van der Waals surface area contributed by atoms with Gasteiger partial charge in [0.1, 0.15) is 0 Å². The lowest BCUT2D eigenvalue weighted by Crippen LogP contribution is -2.33. The van der Waals surface area contributed by atoms with Gasteiger partial charge in [-0.3, -0.25) is 0 Å². The molecule has 1 nitrogen and oxygen atoms in total. The second-order valence-electron chi connectivity index (χ2n) is 4.23. The maximum atomic E-state index is 6.02. The molecule has 0 aromatic rings. The van der Waals surface area contributed by atoms with Crippen LogP contribution in [0.15, 0.2) is 12.3 Å². The van der Waals surface area contributed by atoms with E-state index >= 15 is 0 Å². The molecule has 90 valence electrons. The summed E-state index contributed by atoms with van der Waals surface area (Å²) in [6.07, 6.45) is 9.30. The molecule has 0 bridgehead atoms. The average molecular weight is 228 g/mol. The van der Waals surface area contributed by atoms with E-state index in [2.05, 4.69) is 33.8 Å². The quantitative estimate of drug-likeness (QED) is 0.303. The van der Waals surface area contributed by atoms with Gasteiger partial charge in [-0.15, -0.1) is 0 Å². The lowest BCUT2D eigenvalue weighted by atomic mass is 10.2. The Morgan fingerprint density at radius 1 is 0.933 bits per heavy atom. The maximum absolute atomic E-state index is 6.02. The minimum Gasteiger partial charge on any atom is -0.549 e. The molecule has 0 radical (unpaired) electrons. The van der Waals surface area contributed by atoms with Crippen LogP contribution in [-0.2, 0) is 4.43 Å². The number of rotatable bonds is 9. The van der Waals surface area contributed by atoms with Crippen molar-refractivity contribution < 1.29 is 4.43 Å². The molecule has 0 N–H and O–H groups in total. The van der Waals surface area contributed by atoms with Gasteiger partial charge < -0.3 is 4.43 Å². The zero-order chi connectivity index (χ0) is 11.6. The lowest BCUT2D eigenvalue weighted by molar-refractivity contribution is 0.455. The summed E-state index contributed by atoms with van der Waals surface area (Å²) in [6.45, 7) is 9.04. The van der Waals surface area contributed by atoms with E-state index in [1.54, 1.807) is 0 Å². The molecule has 0 amide bonds. The van der Waals surface area contributed by atoms with Crippen molar-refractivity contribution in [3.63, 3.8) is 0 Å². The van der Waals surface area contributed by atoms with E-state index in [0.29, 0.717) is 0 Å². The molecule has 0 rings (SSSR count). The molecule has 2 heteroatoms. The van der Waals surface area contributed by atoms with Crippen molar-refractivity contribution in [1.29, 1.82) is 0 Å². The molecule has 0 aromatic carbocycles. The van der Waals surface area contributed by atoms with Gasteiger partial charge in [0, 0.05) is 0 Å². The zero-order valence-corrected chi connectivity index (χ0v) is 12.0. The lowest BCUT2D eigenvalue weighted by Gasteiger charge is -2.26. The molecule has 0 spiro atoms. The molecule has 0 aliphatic heterocycles. The third-order valence-corrected chi connectivity index (χ3v) is 7.82. The van der Waals surface area contributed by atoms with Crippen molar-refractivity contribution in [2.75, 3.05) is 0 Å². The molecule has 0 unspecified atom stereocenters. The molecule has 15 heavy (non-hydrogen) atoms. The van der Waals surface area contributed by atoms with Crippen LogP contribution in [0.2, 0.25) is 18.1 Å². The van der Waals surface area contributed by atoms with E-state index in [1.165, 1.54) is 43.8 Å². The third-order valence-electron chi connectivity index (χ3n) is 3.32. The maximum Gasteiger partial charge on any atom is 0.249 e. The molecule has 0 saturated heterocycles. The van der Waals surface area contributed by atoms with Crippen molar-refractivity contribution in [1.82, 2.24) is 0 Å². The van der Waals surface area contributed by atoms with E-state index < -0.39 is 8.32 Å². The first kappa shape index (κ1) is 14.8. The van der Waals surface area contributed by atoms with Crippen molar-refractivity contribution in [2.24, 2.45) is 0 Å². The van der Waals surface area contributed by atoms with E-state index in [1.807, 2.05) is 6.26 Å². The minimum absolute atomic E-state index is 1.18. The average Bonchev–Trinajstić information content (AvgIpc) is 2.29. The topological polar surface area (TPSA) is 9.23 Å². The monoisotopic (exact) mass is 228 g/mol. The van der Waals surface area contributed by atoms with Crippen molar-refractivity contribution >= 4 is 8.32 Å². The summed E-state index contributed by atoms with van der Waals surface area (Å²) < 4.78 is 6.02.